The zero-order chi connectivity index (χ0) is 10.7. The molecule has 1 rings (SSSR count). The molecule has 7 heteroatoms. The summed E-state index contributed by atoms with van der Waals surface area (Å²) in [5, 5.41) is 14.1. The van der Waals surface area contributed by atoms with Crippen molar-refractivity contribution in [1.82, 2.24) is 5.16 Å². The molecule has 0 aromatic carbocycles. The van der Waals surface area contributed by atoms with Gasteiger partial charge in [-0.1, -0.05) is 6.92 Å². The normalized spacial score (nSPS) is 12.5. The van der Waals surface area contributed by atoms with Crippen LogP contribution in [0.15, 0.2) is 4.52 Å². The third-order valence-corrected chi connectivity index (χ3v) is 1.84. The Kier molecular flexibility index (Phi) is 3.03. The van der Waals surface area contributed by atoms with Gasteiger partial charge < -0.3 is 15.0 Å². The fourth-order valence-corrected chi connectivity index (χ4v) is 1.01. The zero-order valence-corrected chi connectivity index (χ0v) is 7.89. The van der Waals surface area contributed by atoms with Gasteiger partial charge >= 0.3 is 11.6 Å². The molecular weight excluding hydrogens is 190 g/mol. The molecule has 1 heterocycles. The molecule has 0 aliphatic heterocycles. The van der Waals surface area contributed by atoms with E-state index in [2.05, 4.69) is 5.16 Å². The molecule has 0 saturated heterocycles. The summed E-state index contributed by atoms with van der Waals surface area (Å²) in [7, 11) is 1.29. The predicted molar refractivity (Wildman–Crippen MR) is 47.2 cm³/mol. The Bertz CT molecular complexity index is 336. The third kappa shape index (κ3) is 1.67. The van der Waals surface area contributed by atoms with E-state index in [0.717, 1.165) is 0 Å². The van der Waals surface area contributed by atoms with Gasteiger partial charge in [-0.15, -0.1) is 0 Å². The standard InChI is InChI=1S/C7H11N3O4/c1-4(3-8)6-5(10(11)12)7(13-2)9-14-6/h4H,3,8H2,1-2H3. The van der Waals surface area contributed by atoms with Crippen LogP contribution in [0.25, 0.3) is 0 Å². The summed E-state index contributed by atoms with van der Waals surface area (Å²) in [5.74, 6) is -0.230. The Balaban J connectivity index is 3.17. The average Bonchev–Trinajstić information content (AvgIpc) is 2.59. The number of hydrogen-bond acceptors (Lipinski definition) is 6. The van der Waals surface area contributed by atoms with E-state index in [1.54, 1.807) is 6.92 Å². The molecule has 0 amide bonds. The number of nitrogens with two attached hydrogens (primary N) is 1. The summed E-state index contributed by atoms with van der Waals surface area (Å²) < 4.78 is 9.50. The van der Waals surface area contributed by atoms with Crippen LogP contribution in [-0.4, -0.2) is 23.7 Å². The van der Waals surface area contributed by atoms with Crippen LogP contribution in [0.4, 0.5) is 5.69 Å². The first kappa shape index (κ1) is 10.5. The van der Waals surface area contributed by atoms with E-state index in [1.807, 2.05) is 0 Å². The van der Waals surface area contributed by atoms with Crippen molar-refractivity contribution in [3.63, 3.8) is 0 Å². The minimum Gasteiger partial charge on any atom is -0.474 e. The van der Waals surface area contributed by atoms with E-state index >= 15 is 0 Å². The van der Waals surface area contributed by atoms with Crippen LogP contribution in [-0.2, 0) is 0 Å². The molecule has 0 spiro atoms. The lowest BCUT2D eigenvalue weighted by atomic mass is 10.1. The molecule has 78 valence electrons. The van der Waals surface area contributed by atoms with Crippen molar-refractivity contribution in [2.24, 2.45) is 5.73 Å². The fraction of sp³-hybridized carbons (Fsp3) is 0.571. The van der Waals surface area contributed by atoms with Gasteiger partial charge in [0.25, 0.3) is 0 Å². The Labute approximate surface area is 80.0 Å². The molecule has 0 bridgehead atoms. The molecule has 1 aromatic heterocycles. The van der Waals surface area contributed by atoms with Crippen LogP contribution < -0.4 is 10.5 Å². The van der Waals surface area contributed by atoms with Crippen molar-refractivity contribution in [3.8, 4) is 5.88 Å². The van der Waals surface area contributed by atoms with Crippen molar-refractivity contribution in [1.29, 1.82) is 0 Å². The topological polar surface area (TPSA) is 104 Å². The summed E-state index contributed by atoms with van der Waals surface area (Å²) in [5.41, 5.74) is 5.13. The van der Waals surface area contributed by atoms with Crippen molar-refractivity contribution in [3.05, 3.63) is 15.9 Å². The highest BCUT2D eigenvalue weighted by Crippen LogP contribution is 2.34. The van der Waals surface area contributed by atoms with Crippen LogP contribution in [0.3, 0.4) is 0 Å². The molecule has 0 fully saturated rings. The number of ether oxygens (including phenoxy) is 1. The van der Waals surface area contributed by atoms with Crippen molar-refractivity contribution >= 4 is 5.69 Å². The van der Waals surface area contributed by atoms with E-state index in [0.29, 0.717) is 0 Å². The Morgan fingerprint density at radius 1 is 1.79 bits per heavy atom. The van der Waals surface area contributed by atoms with Gasteiger partial charge in [0.1, 0.15) is 0 Å². The van der Waals surface area contributed by atoms with Crippen molar-refractivity contribution in [2.45, 2.75) is 12.8 Å². The number of nitro groups is 1. The Morgan fingerprint density at radius 2 is 2.43 bits per heavy atom. The molecule has 1 atom stereocenters. The number of hydrogen-bond donors (Lipinski definition) is 1. The SMILES string of the molecule is COc1noc(C(C)CN)c1[N+](=O)[O-]. The van der Waals surface area contributed by atoms with Gasteiger partial charge in [-0.05, 0) is 5.16 Å². The number of nitrogens with zero attached hydrogens (tertiary/aromatic N) is 2. The Hall–Kier alpha value is -1.63. The molecule has 2 N–H and O–H groups in total. The largest absolute Gasteiger partial charge is 0.474 e. The number of methoxy groups -OCH3 is 1. The summed E-state index contributed by atoms with van der Waals surface area (Å²) in [4.78, 5) is 10.1. The predicted octanol–water partition coefficient (Wildman–Crippen LogP) is 0.654. The highest BCUT2D eigenvalue weighted by atomic mass is 16.6. The molecule has 1 unspecified atom stereocenters. The fourth-order valence-electron chi connectivity index (χ4n) is 1.01. The molecule has 1 aromatic rings. The van der Waals surface area contributed by atoms with Gasteiger partial charge in [0.15, 0.2) is 0 Å². The van der Waals surface area contributed by atoms with Gasteiger partial charge in [-0.3, -0.25) is 10.1 Å². The van der Waals surface area contributed by atoms with E-state index in [9.17, 15) is 10.1 Å². The van der Waals surface area contributed by atoms with E-state index < -0.39 is 4.92 Å². The highest BCUT2D eigenvalue weighted by Gasteiger charge is 2.30. The lowest BCUT2D eigenvalue weighted by Crippen LogP contribution is -2.09. The quantitative estimate of drug-likeness (QED) is 0.566. The highest BCUT2D eigenvalue weighted by molar-refractivity contribution is 5.45. The van der Waals surface area contributed by atoms with Crippen LogP contribution >= 0.6 is 0 Å². The second-order valence-electron chi connectivity index (χ2n) is 2.80. The maximum atomic E-state index is 10.7. The second-order valence-corrected chi connectivity index (χ2v) is 2.80. The van der Waals surface area contributed by atoms with Gasteiger partial charge in [-0.2, -0.15) is 0 Å². The zero-order valence-electron chi connectivity index (χ0n) is 7.89. The minimum atomic E-state index is -0.586. The average molecular weight is 201 g/mol. The summed E-state index contributed by atoms with van der Waals surface area (Å²) in [6, 6.07) is 0. The first-order valence-corrected chi connectivity index (χ1v) is 3.99. The molecule has 0 radical (unpaired) electrons. The van der Waals surface area contributed by atoms with Crippen LogP contribution in [0.1, 0.15) is 18.6 Å². The third-order valence-electron chi connectivity index (χ3n) is 1.84. The van der Waals surface area contributed by atoms with Crippen LogP contribution in [0.2, 0.25) is 0 Å². The lowest BCUT2D eigenvalue weighted by molar-refractivity contribution is -0.387. The maximum Gasteiger partial charge on any atom is 0.374 e. The first-order valence-electron chi connectivity index (χ1n) is 3.99. The molecule has 14 heavy (non-hydrogen) atoms. The van der Waals surface area contributed by atoms with E-state index in [4.69, 9.17) is 15.0 Å². The second kappa shape index (κ2) is 4.05. The first-order chi connectivity index (χ1) is 6.61. The van der Waals surface area contributed by atoms with E-state index in [-0.39, 0.29) is 29.8 Å². The number of rotatable bonds is 4. The maximum absolute atomic E-state index is 10.7. The molecule has 7 nitrogen and oxygen atoms in total. The van der Waals surface area contributed by atoms with Gasteiger partial charge in [0.2, 0.25) is 5.76 Å². The smallest absolute Gasteiger partial charge is 0.374 e. The van der Waals surface area contributed by atoms with E-state index in [1.165, 1.54) is 7.11 Å². The molecule has 0 aliphatic carbocycles. The summed E-state index contributed by atoms with van der Waals surface area (Å²) in [6.07, 6.45) is 0. The Morgan fingerprint density at radius 3 is 2.86 bits per heavy atom. The molecular formula is C7H11N3O4. The van der Waals surface area contributed by atoms with Gasteiger partial charge in [0, 0.05) is 12.5 Å². The monoisotopic (exact) mass is 201 g/mol. The van der Waals surface area contributed by atoms with Crippen molar-refractivity contribution in [2.75, 3.05) is 13.7 Å². The number of aromatic nitrogens is 1. The molecule has 0 aliphatic rings. The lowest BCUT2D eigenvalue weighted by Gasteiger charge is -2.01. The van der Waals surface area contributed by atoms with Gasteiger partial charge in [-0.25, -0.2) is 0 Å². The molecule has 0 saturated carbocycles. The van der Waals surface area contributed by atoms with Crippen LogP contribution in [0.5, 0.6) is 5.88 Å². The summed E-state index contributed by atoms with van der Waals surface area (Å²) >= 11 is 0. The minimum absolute atomic E-state index is 0.120. The van der Waals surface area contributed by atoms with Crippen molar-refractivity contribution < 1.29 is 14.2 Å². The summed E-state index contributed by atoms with van der Waals surface area (Å²) in [6.45, 7) is 1.96. The van der Waals surface area contributed by atoms with Crippen LogP contribution in [0, 0.1) is 10.1 Å². The van der Waals surface area contributed by atoms with Gasteiger partial charge in [0.05, 0.1) is 12.0 Å².